The Labute approximate surface area is 111 Å². The number of hydrogen-bond donors (Lipinski definition) is 2. The second-order valence-electron chi connectivity index (χ2n) is 4.92. The van der Waals surface area contributed by atoms with Crippen LogP contribution in [0.5, 0.6) is 0 Å². The van der Waals surface area contributed by atoms with Crippen molar-refractivity contribution in [2.75, 3.05) is 6.61 Å². The summed E-state index contributed by atoms with van der Waals surface area (Å²) < 4.78 is 9.57. The van der Waals surface area contributed by atoms with Crippen LogP contribution in [0.1, 0.15) is 27.7 Å². The van der Waals surface area contributed by atoms with Gasteiger partial charge in [0.2, 0.25) is 0 Å². The molecule has 1 atom stereocenters. The Hall–Kier alpha value is -2.05. The van der Waals surface area contributed by atoms with Gasteiger partial charge in [0.25, 0.3) is 0 Å². The number of carbonyl (C=O) groups excluding carboxylic acids is 2. The van der Waals surface area contributed by atoms with Gasteiger partial charge in [-0.1, -0.05) is 6.58 Å². The van der Waals surface area contributed by atoms with Gasteiger partial charge in [-0.2, -0.15) is 0 Å². The van der Waals surface area contributed by atoms with Crippen molar-refractivity contribution in [3.8, 4) is 0 Å². The lowest BCUT2D eigenvalue weighted by atomic mass is 10.2. The van der Waals surface area contributed by atoms with E-state index in [2.05, 4.69) is 16.6 Å². The molecule has 108 valence electrons. The van der Waals surface area contributed by atoms with E-state index in [1.165, 1.54) is 6.92 Å². The standard InChI is InChI=1S/C12H19NO6/c1-7(2)10(16)18-6-8(9(14)15)13-11(17)19-12(3,4)5/h8H,1,6H2,2-5H3,(H,13,17)(H,14,15)/t8-/m0/s1. The molecule has 0 spiro atoms. The average Bonchev–Trinajstić information content (AvgIpc) is 2.20. The van der Waals surface area contributed by atoms with Crippen LogP contribution in [-0.4, -0.2) is 41.4 Å². The van der Waals surface area contributed by atoms with Crippen LogP contribution in [0.2, 0.25) is 0 Å². The Kier molecular flexibility index (Phi) is 6.04. The van der Waals surface area contributed by atoms with Crippen molar-refractivity contribution >= 4 is 18.0 Å². The molecular formula is C12H19NO6. The van der Waals surface area contributed by atoms with E-state index in [-0.39, 0.29) is 5.57 Å². The molecule has 19 heavy (non-hydrogen) atoms. The average molecular weight is 273 g/mol. The van der Waals surface area contributed by atoms with Crippen molar-refractivity contribution in [1.82, 2.24) is 5.32 Å². The van der Waals surface area contributed by atoms with E-state index in [1.807, 2.05) is 0 Å². The van der Waals surface area contributed by atoms with E-state index in [4.69, 9.17) is 9.84 Å². The highest BCUT2D eigenvalue weighted by Crippen LogP contribution is 2.07. The van der Waals surface area contributed by atoms with E-state index < -0.39 is 36.3 Å². The number of carboxylic acids is 1. The molecule has 0 heterocycles. The fourth-order valence-electron chi connectivity index (χ4n) is 0.907. The lowest BCUT2D eigenvalue weighted by Gasteiger charge is -2.21. The third kappa shape index (κ3) is 7.80. The summed E-state index contributed by atoms with van der Waals surface area (Å²) in [6, 6.07) is -1.38. The SMILES string of the molecule is C=C(C)C(=O)OC[C@H](NC(=O)OC(C)(C)C)C(=O)O. The van der Waals surface area contributed by atoms with E-state index >= 15 is 0 Å². The second-order valence-corrected chi connectivity index (χ2v) is 4.92. The van der Waals surface area contributed by atoms with E-state index in [0.717, 1.165) is 0 Å². The van der Waals surface area contributed by atoms with Crippen LogP contribution in [0, 0.1) is 0 Å². The molecule has 0 aliphatic carbocycles. The van der Waals surface area contributed by atoms with Gasteiger partial charge in [0.05, 0.1) is 0 Å². The number of amides is 1. The Morgan fingerprint density at radius 3 is 2.21 bits per heavy atom. The number of carboxylic acid groups (broad SMARTS) is 1. The molecule has 0 rings (SSSR count). The van der Waals surface area contributed by atoms with Crippen molar-refractivity contribution < 1.29 is 29.0 Å². The topological polar surface area (TPSA) is 102 Å². The van der Waals surface area contributed by atoms with Crippen molar-refractivity contribution in [1.29, 1.82) is 0 Å². The highest BCUT2D eigenvalue weighted by atomic mass is 16.6. The van der Waals surface area contributed by atoms with Crippen LogP contribution in [0.3, 0.4) is 0 Å². The number of aliphatic carboxylic acids is 1. The van der Waals surface area contributed by atoms with Gasteiger partial charge in [-0.3, -0.25) is 0 Å². The molecule has 0 unspecified atom stereocenters. The molecular weight excluding hydrogens is 254 g/mol. The zero-order valence-corrected chi connectivity index (χ0v) is 11.5. The number of carbonyl (C=O) groups is 3. The Bertz CT molecular complexity index is 382. The summed E-state index contributed by atoms with van der Waals surface area (Å²) in [7, 11) is 0. The molecule has 7 nitrogen and oxygen atoms in total. The number of hydrogen-bond acceptors (Lipinski definition) is 5. The first-order valence-electron chi connectivity index (χ1n) is 5.58. The first-order chi connectivity index (χ1) is 8.53. The fourth-order valence-corrected chi connectivity index (χ4v) is 0.907. The van der Waals surface area contributed by atoms with Gasteiger partial charge in [0.15, 0.2) is 6.04 Å². The molecule has 1 amide bonds. The first kappa shape index (κ1) is 16.9. The van der Waals surface area contributed by atoms with E-state index in [0.29, 0.717) is 0 Å². The Balaban J connectivity index is 4.43. The molecule has 0 aromatic carbocycles. The fraction of sp³-hybridized carbons (Fsp3) is 0.583. The summed E-state index contributed by atoms with van der Waals surface area (Å²) in [5.41, 5.74) is -0.608. The quantitative estimate of drug-likeness (QED) is 0.574. The molecule has 0 aromatic rings. The summed E-state index contributed by atoms with van der Waals surface area (Å²) in [5, 5.41) is 11.0. The summed E-state index contributed by atoms with van der Waals surface area (Å²) in [6.07, 6.45) is -0.897. The van der Waals surface area contributed by atoms with Crippen LogP contribution < -0.4 is 5.32 Å². The minimum Gasteiger partial charge on any atom is -0.480 e. The Morgan fingerprint density at radius 1 is 1.32 bits per heavy atom. The molecule has 0 bridgehead atoms. The lowest BCUT2D eigenvalue weighted by molar-refractivity contribution is -0.146. The third-order valence-electron chi connectivity index (χ3n) is 1.72. The maximum absolute atomic E-state index is 11.4. The maximum Gasteiger partial charge on any atom is 0.408 e. The normalized spacial score (nSPS) is 12.2. The van der Waals surface area contributed by atoms with Gasteiger partial charge in [-0.25, -0.2) is 14.4 Å². The highest BCUT2D eigenvalue weighted by molar-refractivity contribution is 5.87. The van der Waals surface area contributed by atoms with Gasteiger partial charge in [-0.05, 0) is 27.7 Å². The number of ether oxygens (including phenoxy) is 2. The van der Waals surface area contributed by atoms with E-state index in [9.17, 15) is 14.4 Å². The van der Waals surface area contributed by atoms with Gasteiger partial charge in [0.1, 0.15) is 12.2 Å². The van der Waals surface area contributed by atoms with Crippen molar-refractivity contribution in [2.24, 2.45) is 0 Å². The molecule has 0 radical (unpaired) electrons. The van der Waals surface area contributed by atoms with Crippen molar-refractivity contribution in [2.45, 2.75) is 39.3 Å². The monoisotopic (exact) mass is 273 g/mol. The zero-order valence-electron chi connectivity index (χ0n) is 11.5. The minimum atomic E-state index is -1.38. The number of rotatable bonds is 5. The van der Waals surface area contributed by atoms with Gasteiger partial charge in [0, 0.05) is 5.57 Å². The molecule has 0 aliphatic rings. The third-order valence-corrected chi connectivity index (χ3v) is 1.72. The molecule has 2 N–H and O–H groups in total. The van der Waals surface area contributed by atoms with Crippen molar-refractivity contribution in [3.05, 3.63) is 12.2 Å². The summed E-state index contributed by atoms with van der Waals surface area (Å²) in [6.45, 7) is 9.21. The number of nitrogens with one attached hydrogen (secondary N) is 1. The summed E-state index contributed by atoms with van der Waals surface area (Å²) >= 11 is 0. The second kappa shape index (κ2) is 6.77. The molecule has 0 saturated heterocycles. The zero-order chi connectivity index (χ0) is 15.2. The smallest absolute Gasteiger partial charge is 0.408 e. The first-order valence-corrected chi connectivity index (χ1v) is 5.58. The van der Waals surface area contributed by atoms with E-state index in [1.54, 1.807) is 20.8 Å². The van der Waals surface area contributed by atoms with Crippen molar-refractivity contribution in [3.63, 3.8) is 0 Å². The number of esters is 1. The molecule has 0 saturated carbocycles. The molecule has 0 aromatic heterocycles. The molecule has 7 heteroatoms. The predicted octanol–water partition coefficient (Wildman–Crippen LogP) is 1.08. The van der Waals surface area contributed by atoms with Crippen LogP contribution in [0.15, 0.2) is 12.2 Å². The minimum absolute atomic E-state index is 0.140. The van der Waals surface area contributed by atoms with Gasteiger partial charge < -0.3 is 19.9 Å². The highest BCUT2D eigenvalue weighted by Gasteiger charge is 2.25. The van der Waals surface area contributed by atoms with Gasteiger partial charge in [-0.15, -0.1) is 0 Å². The van der Waals surface area contributed by atoms with Crippen LogP contribution >= 0.6 is 0 Å². The van der Waals surface area contributed by atoms with Crippen LogP contribution in [0.4, 0.5) is 4.79 Å². The molecule has 0 aliphatic heterocycles. The number of alkyl carbamates (subject to hydrolysis) is 1. The predicted molar refractivity (Wildman–Crippen MR) is 66.6 cm³/mol. The Morgan fingerprint density at radius 2 is 1.84 bits per heavy atom. The maximum atomic E-state index is 11.4. The van der Waals surface area contributed by atoms with Crippen LogP contribution in [0.25, 0.3) is 0 Å². The van der Waals surface area contributed by atoms with Crippen LogP contribution in [-0.2, 0) is 19.1 Å². The summed E-state index contributed by atoms with van der Waals surface area (Å²) in [4.78, 5) is 33.4. The summed E-state index contributed by atoms with van der Waals surface area (Å²) in [5.74, 6) is -2.06. The van der Waals surface area contributed by atoms with Gasteiger partial charge >= 0.3 is 18.0 Å². The lowest BCUT2D eigenvalue weighted by Crippen LogP contribution is -2.46. The largest absolute Gasteiger partial charge is 0.480 e. The molecule has 0 fully saturated rings.